The first-order valence-electron chi connectivity index (χ1n) is 6.92. The van der Waals surface area contributed by atoms with Crippen molar-refractivity contribution >= 4 is 10.9 Å². The predicted molar refractivity (Wildman–Crippen MR) is 81.5 cm³/mol. The van der Waals surface area contributed by atoms with Crippen LogP contribution >= 0.6 is 0 Å². The summed E-state index contributed by atoms with van der Waals surface area (Å²) in [6.07, 6.45) is 1.56. The number of aliphatic hydroxyl groups excluding tert-OH is 1. The minimum atomic E-state index is -0.637. The molecule has 1 unspecified atom stereocenters. The lowest BCUT2D eigenvalue weighted by atomic mass is 9.95. The minimum Gasteiger partial charge on any atom is -0.388 e. The third-order valence-corrected chi connectivity index (χ3v) is 3.76. The van der Waals surface area contributed by atoms with Crippen molar-refractivity contribution in [3.8, 4) is 0 Å². The van der Waals surface area contributed by atoms with Crippen LogP contribution in [0.4, 0.5) is 4.39 Å². The molecule has 1 N–H and O–H groups in total. The molecular weight excluding hydrogens is 265 g/mol. The van der Waals surface area contributed by atoms with E-state index in [4.69, 9.17) is 0 Å². The molecule has 0 spiro atoms. The summed E-state index contributed by atoms with van der Waals surface area (Å²) in [7, 11) is 0. The number of aryl methyl sites for hydroxylation is 1. The maximum atomic E-state index is 13.1. The Morgan fingerprint density at radius 1 is 1.14 bits per heavy atom. The molecular formula is C18H16FNO. The number of aromatic nitrogens is 1. The summed E-state index contributed by atoms with van der Waals surface area (Å²) in [5, 5.41) is 11.5. The van der Waals surface area contributed by atoms with Gasteiger partial charge in [0, 0.05) is 18.0 Å². The molecule has 0 radical (unpaired) electrons. The smallest absolute Gasteiger partial charge is 0.123 e. The molecule has 2 nitrogen and oxygen atoms in total. The van der Waals surface area contributed by atoms with Gasteiger partial charge >= 0.3 is 0 Å². The number of hydrogen-bond acceptors (Lipinski definition) is 2. The molecule has 0 aliphatic rings. The van der Waals surface area contributed by atoms with Crippen molar-refractivity contribution in [2.75, 3.05) is 0 Å². The molecule has 0 aliphatic carbocycles. The van der Waals surface area contributed by atoms with Crippen LogP contribution in [0.25, 0.3) is 10.9 Å². The summed E-state index contributed by atoms with van der Waals surface area (Å²) in [4.78, 5) is 4.30. The van der Waals surface area contributed by atoms with Gasteiger partial charge in [-0.15, -0.1) is 0 Å². The third kappa shape index (κ3) is 2.78. The first-order valence-corrected chi connectivity index (χ1v) is 6.92. The predicted octanol–water partition coefficient (Wildman–Crippen LogP) is 3.96. The maximum Gasteiger partial charge on any atom is 0.123 e. The largest absolute Gasteiger partial charge is 0.388 e. The second-order valence-corrected chi connectivity index (χ2v) is 5.21. The number of benzene rings is 2. The number of nitrogens with zero attached hydrogens (tertiary/aromatic N) is 1. The number of halogens is 1. The van der Waals surface area contributed by atoms with E-state index in [1.54, 1.807) is 12.3 Å². The van der Waals surface area contributed by atoms with Gasteiger partial charge in [-0.2, -0.15) is 0 Å². The van der Waals surface area contributed by atoms with E-state index in [0.29, 0.717) is 6.42 Å². The summed E-state index contributed by atoms with van der Waals surface area (Å²) < 4.78 is 13.1. The van der Waals surface area contributed by atoms with Gasteiger partial charge in [0.05, 0.1) is 11.6 Å². The first-order chi connectivity index (χ1) is 10.1. The van der Waals surface area contributed by atoms with Crippen LogP contribution in [0.1, 0.15) is 22.8 Å². The summed E-state index contributed by atoms with van der Waals surface area (Å²) in [6.45, 7) is 1.86. The van der Waals surface area contributed by atoms with Crippen molar-refractivity contribution in [1.82, 2.24) is 4.98 Å². The molecule has 0 amide bonds. The molecule has 21 heavy (non-hydrogen) atoms. The lowest BCUT2D eigenvalue weighted by Crippen LogP contribution is -2.04. The van der Waals surface area contributed by atoms with Gasteiger partial charge in [0.15, 0.2) is 0 Å². The zero-order chi connectivity index (χ0) is 14.8. The van der Waals surface area contributed by atoms with E-state index in [0.717, 1.165) is 27.6 Å². The molecule has 3 rings (SSSR count). The molecule has 0 bridgehead atoms. The molecule has 0 saturated heterocycles. The van der Waals surface area contributed by atoms with Gasteiger partial charge in [0.1, 0.15) is 5.82 Å². The fourth-order valence-corrected chi connectivity index (χ4v) is 2.62. The number of pyridine rings is 1. The van der Waals surface area contributed by atoms with Gasteiger partial charge in [0.2, 0.25) is 0 Å². The fourth-order valence-electron chi connectivity index (χ4n) is 2.62. The van der Waals surface area contributed by atoms with Crippen LogP contribution in [0.15, 0.2) is 54.7 Å². The lowest BCUT2D eigenvalue weighted by molar-refractivity contribution is 0.180. The van der Waals surface area contributed by atoms with Crippen molar-refractivity contribution < 1.29 is 9.50 Å². The highest BCUT2D eigenvalue weighted by Crippen LogP contribution is 2.26. The van der Waals surface area contributed by atoms with Gasteiger partial charge in [-0.05, 0) is 47.9 Å². The second-order valence-electron chi connectivity index (χ2n) is 5.21. The topological polar surface area (TPSA) is 33.1 Å². The molecule has 0 fully saturated rings. The molecule has 1 heterocycles. The first kappa shape index (κ1) is 13.7. The third-order valence-electron chi connectivity index (χ3n) is 3.76. The molecule has 2 aromatic carbocycles. The molecule has 106 valence electrons. The second kappa shape index (κ2) is 5.62. The van der Waals surface area contributed by atoms with E-state index in [2.05, 4.69) is 4.98 Å². The lowest BCUT2D eigenvalue weighted by Gasteiger charge is -2.15. The van der Waals surface area contributed by atoms with E-state index in [1.165, 1.54) is 12.1 Å². The van der Waals surface area contributed by atoms with Crippen molar-refractivity contribution in [2.45, 2.75) is 19.4 Å². The fraction of sp³-hybridized carbons (Fsp3) is 0.167. The van der Waals surface area contributed by atoms with Crippen LogP contribution in [0.5, 0.6) is 0 Å². The quantitative estimate of drug-likeness (QED) is 0.788. The van der Waals surface area contributed by atoms with Crippen LogP contribution in [-0.4, -0.2) is 10.1 Å². The van der Waals surface area contributed by atoms with Crippen molar-refractivity contribution in [3.05, 3.63) is 77.2 Å². The molecule has 1 atom stereocenters. The van der Waals surface area contributed by atoms with Crippen LogP contribution in [-0.2, 0) is 6.42 Å². The summed E-state index contributed by atoms with van der Waals surface area (Å²) in [5.74, 6) is -0.250. The van der Waals surface area contributed by atoms with Gasteiger partial charge < -0.3 is 5.11 Å². The number of aliphatic hydroxyl groups is 1. The molecule has 0 aliphatic heterocycles. The zero-order valence-electron chi connectivity index (χ0n) is 11.8. The highest BCUT2D eigenvalue weighted by molar-refractivity contribution is 5.82. The molecule has 3 heteroatoms. The van der Waals surface area contributed by atoms with Crippen LogP contribution in [0, 0.1) is 12.7 Å². The van der Waals surface area contributed by atoms with Crippen molar-refractivity contribution in [3.63, 3.8) is 0 Å². The van der Waals surface area contributed by atoms with E-state index in [1.807, 2.05) is 37.3 Å². The van der Waals surface area contributed by atoms with Gasteiger partial charge in [0.25, 0.3) is 0 Å². The summed E-state index contributed by atoms with van der Waals surface area (Å²) >= 11 is 0. The monoisotopic (exact) mass is 281 g/mol. The normalized spacial score (nSPS) is 12.5. The average Bonchev–Trinajstić information content (AvgIpc) is 2.49. The highest BCUT2D eigenvalue weighted by Gasteiger charge is 2.13. The summed E-state index contributed by atoms with van der Waals surface area (Å²) in [6, 6.07) is 14.2. The van der Waals surface area contributed by atoms with Gasteiger partial charge in [-0.1, -0.05) is 24.3 Å². The highest BCUT2D eigenvalue weighted by atomic mass is 19.1. The van der Waals surface area contributed by atoms with E-state index in [-0.39, 0.29) is 5.82 Å². The SMILES string of the molecule is Cc1cc(F)ccc1CC(O)c1cccc2ncccc12. The van der Waals surface area contributed by atoms with Crippen LogP contribution in [0.2, 0.25) is 0 Å². The molecule has 3 aromatic rings. The van der Waals surface area contributed by atoms with Crippen molar-refractivity contribution in [2.24, 2.45) is 0 Å². The van der Waals surface area contributed by atoms with E-state index in [9.17, 15) is 9.50 Å². The standard InChI is InChI=1S/C18H16FNO/c1-12-10-14(19)8-7-13(12)11-18(21)16-4-2-6-17-15(16)5-3-9-20-17/h2-10,18,21H,11H2,1H3. The molecule has 1 aromatic heterocycles. The van der Waals surface area contributed by atoms with E-state index < -0.39 is 6.10 Å². The van der Waals surface area contributed by atoms with Gasteiger partial charge in [-0.25, -0.2) is 4.39 Å². The average molecular weight is 281 g/mol. The molecule has 0 saturated carbocycles. The summed E-state index contributed by atoms with van der Waals surface area (Å²) in [5.41, 5.74) is 3.52. The zero-order valence-corrected chi connectivity index (χ0v) is 11.8. The Morgan fingerprint density at radius 2 is 2.00 bits per heavy atom. The van der Waals surface area contributed by atoms with E-state index >= 15 is 0 Å². The van der Waals surface area contributed by atoms with Crippen molar-refractivity contribution in [1.29, 1.82) is 0 Å². The van der Waals surface area contributed by atoms with Crippen LogP contribution < -0.4 is 0 Å². The maximum absolute atomic E-state index is 13.1. The van der Waals surface area contributed by atoms with Crippen LogP contribution in [0.3, 0.4) is 0 Å². The Labute approximate surface area is 122 Å². The number of hydrogen-bond donors (Lipinski definition) is 1. The number of fused-ring (bicyclic) bond motifs is 1. The number of rotatable bonds is 3. The Kier molecular flexibility index (Phi) is 3.67. The Balaban J connectivity index is 1.95. The Bertz CT molecular complexity index is 780. The Hall–Kier alpha value is -2.26. The minimum absolute atomic E-state index is 0.250. The Morgan fingerprint density at radius 3 is 2.81 bits per heavy atom. The van der Waals surface area contributed by atoms with Gasteiger partial charge in [-0.3, -0.25) is 4.98 Å².